The van der Waals surface area contributed by atoms with Crippen molar-refractivity contribution < 1.29 is 38.2 Å². The summed E-state index contributed by atoms with van der Waals surface area (Å²) < 4.78 is 17.3. The molecular formula is C47H90NO7+. The predicted octanol–water partition coefficient (Wildman–Crippen LogP) is 12.7. The maximum Gasteiger partial charge on any atom is 0.362 e. The lowest BCUT2D eigenvalue weighted by molar-refractivity contribution is -0.887. The predicted molar refractivity (Wildman–Crippen MR) is 229 cm³/mol. The minimum absolute atomic E-state index is 0.0472. The fraction of sp³-hybridized carbons (Fsp3) is 0.894. The van der Waals surface area contributed by atoms with E-state index in [0.717, 1.165) is 38.5 Å². The van der Waals surface area contributed by atoms with Crippen LogP contribution in [0.4, 0.5) is 0 Å². The molecule has 0 heterocycles. The molecule has 55 heavy (non-hydrogen) atoms. The Morgan fingerprint density at radius 1 is 0.527 bits per heavy atom. The van der Waals surface area contributed by atoms with Crippen molar-refractivity contribution in [2.24, 2.45) is 0 Å². The summed E-state index contributed by atoms with van der Waals surface area (Å²) in [5.74, 6) is -1.46. The molecule has 2 unspecified atom stereocenters. The Morgan fingerprint density at radius 2 is 0.909 bits per heavy atom. The Balaban J connectivity index is 4.28. The van der Waals surface area contributed by atoms with Crippen LogP contribution in [0.2, 0.25) is 0 Å². The van der Waals surface area contributed by atoms with Crippen molar-refractivity contribution in [3.63, 3.8) is 0 Å². The van der Waals surface area contributed by atoms with Crippen LogP contribution in [0.1, 0.15) is 219 Å². The second-order valence-electron chi connectivity index (χ2n) is 17.0. The van der Waals surface area contributed by atoms with Gasteiger partial charge in [-0.3, -0.25) is 9.59 Å². The van der Waals surface area contributed by atoms with Gasteiger partial charge in [-0.2, -0.15) is 0 Å². The van der Waals surface area contributed by atoms with E-state index in [-0.39, 0.29) is 36.2 Å². The number of likely N-dealkylation sites (N-methyl/N-ethyl adjacent to an activating group) is 1. The highest BCUT2D eigenvalue weighted by Gasteiger charge is 2.31. The SMILES string of the molecule is CCCCCCCC/C=C/CCCCCCCCCC(=O)OCC(COCCC(C(=O)O)[N+](C)(C)C)OC(=O)CCCCCCCCCCCCCCCC. The van der Waals surface area contributed by atoms with Crippen LogP contribution in [0.3, 0.4) is 0 Å². The summed E-state index contributed by atoms with van der Waals surface area (Å²) >= 11 is 0. The number of hydrogen-bond acceptors (Lipinski definition) is 6. The minimum atomic E-state index is -0.872. The zero-order chi connectivity index (χ0) is 40.7. The summed E-state index contributed by atoms with van der Waals surface area (Å²) in [6.07, 6.45) is 41.0. The molecule has 0 saturated heterocycles. The monoisotopic (exact) mass is 781 g/mol. The van der Waals surface area contributed by atoms with E-state index in [4.69, 9.17) is 14.2 Å². The van der Waals surface area contributed by atoms with Crippen molar-refractivity contribution in [1.29, 1.82) is 0 Å². The first-order chi connectivity index (χ1) is 26.6. The first kappa shape index (κ1) is 53.1. The van der Waals surface area contributed by atoms with Gasteiger partial charge in [0.2, 0.25) is 0 Å². The molecule has 8 nitrogen and oxygen atoms in total. The zero-order valence-electron chi connectivity index (χ0n) is 36.9. The maximum absolute atomic E-state index is 12.7. The topological polar surface area (TPSA) is 99.1 Å². The van der Waals surface area contributed by atoms with Crippen LogP contribution in [0.25, 0.3) is 0 Å². The number of ether oxygens (including phenoxy) is 3. The van der Waals surface area contributed by atoms with Crippen LogP contribution in [0, 0.1) is 0 Å². The number of carbonyl (C=O) groups is 3. The second kappa shape index (κ2) is 38.9. The summed E-state index contributed by atoms with van der Waals surface area (Å²) in [5, 5.41) is 9.62. The van der Waals surface area contributed by atoms with Crippen LogP contribution < -0.4 is 0 Å². The number of carboxylic acid groups (broad SMARTS) is 1. The van der Waals surface area contributed by atoms with Crippen LogP contribution in [0.5, 0.6) is 0 Å². The van der Waals surface area contributed by atoms with E-state index < -0.39 is 18.1 Å². The summed E-state index contributed by atoms with van der Waals surface area (Å²) in [6, 6.07) is -0.610. The van der Waals surface area contributed by atoms with Crippen LogP contribution in [-0.4, -0.2) is 80.6 Å². The number of esters is 2. The minimum Gasteiger partial charge on any atom is -0.477 e. The molecule has 0 amide bonds. The average molecular weight is 781 g/mol. The van der Waals surface area contributed by atoms with Crippen LogP contribution >= 0.6 is 0 Å². The zero-order valence-corrected chi connectivity index (χ0v) is 36.9. The largest absolute Gasteiger partial charge is 0.477 e. The van der Waals surface area contributed by atoms with E-state index in [2.05, 4.69) is 26.0 Å². The Bertz CT molecular complexity index is 915. The van der Waals surface area contributed by atoms with Gasteiger partial charge in [-0.05, 0) is 38.5 Å². The first-order valence-electron chi connectivity index (χ1n) is 23.2. The van der Waals surface area contributed by atoms with Crippen LogP contribution in [-0.2, 0) is 28.6 Å². The van der Waals surface area contributed by atoms with Gasteiger partial charge in [0.25, 0.3) is 0 Å². The number of rotatable bonds is 42. The Kier molecular flexibility index (Phi) is 37.6. The van der Waals surface area contributed by atoms with Crippen molar-refractivity contribution in [2.75, 3.05) is 41.0 Å². The molecule has 0 aromatic rings. The fourth-order valence-corrected chi connectivity index (χ4v) is 7.03. The van der Waals surface area contributed by atoms with E-state index in [1.807, 2.05) is 21.1 Å². The summed E-state index contributed by atoms with van der Waals surface area (Å²) in [4.78, 5) is 37.0. The standard InChI is InChI=1S/C47H89NO7/c1-6-8-10-12-14-16-18-20-22-23-24-26-27-29-31-33-35-37-45(49)54-42-43(41-53-40-39-44(47(51)52)48(3,4)5)55-46(50)38-36-34-32-30-28-25-21-19-17-15-13-11-9-7-2/h20,22,43-44H,6-19,21,23-42H2,1-5H3/p+1/b22-20+. The highest BCUT2D eigenvalue weighted by atomic mass is 16.6. The van der Waals surface area contributed by atoms with Crippen molar-refractivity contribution in [3.05, 3.63) is 12.2 Å². The molecule has 0 radical (unpaired) electrons. The molecule has 8 heteroatoms. The molecule has 1 N–H and O–H groups in total. The highest BCUT2D eigenvalue weighted by molar-refractivity contribution is 5.72. The Hall–Kier alpha value is -1.93. The molecule has 0 aliphatic heterocycles. The molecule has 0 rings (SSSR count). The molecule has 0 fully saturated rings. The quantitative estimate of drug-likeness (QED) is 0.0285. The number of carboxylic acids is 1. The Morgan fingerprint density at radius 3 is 1.31 bits per heavy atom. The Labute approximate surface area is 339 Å². The van der Waals surface area contributed by atoms with E-state index in [1.54, 1.807) is 0 Å². The van der Waals surface area contributed by atoms with Crippen LogP contribution in [0.15, 0.2) is 12.2 Å². The van der Waals surface area contributed by atoms with Gasteiger partial charge in [0.05, 0.1) is 34.4 Å². The molecular weight excluding hydrogens is 691 g/mol. The lowest BCUT2D eigenvalue weighted by Crippen LogP contribution is -2.50. The third-order valence-corrected chi connectivity index (χ3v) is 10.7. The van der Waals surface area contributed by atoms with Gasteiger partial charge in [-0.15, -0.1) is 0 Å². The smallest absolute Gasteiger partial charge is 0.362 e. The van der Waals surface area contributed by atoms with Gasteiger partial charge in [-0.1, -0.05) is 174 Å². The number of carbonyl (C=O) groups excluding carboxylic acids is 2. The summed E-state index contributed by atoms with van der Waals surface area (Å²) in [7, 11) is 5.54. The van der Waals surface area contributed by atoms with Crippen molar-refractivity contribution >= 4 is 17.9 Å². The first-order valence-corrected chi connectivity index (χ1v) is 23.2. The molecule has 0 spiro atoms. The lowest BCUT2D eigenvalue weighted by Gasteiger charge is -2.31. The maximum atomic E-state index is 12.7. The number of hydrogen-bond donors (Lipinski definition) is 1. The van der Waals surface area contributed by atoms with Gasteiger partial charge >= 0.3 is 17.9 Å². The molecule has 0 aromatic carbocycles. The average Bonchev–Trinajstić information content (AvgIpc) is 3.14. The van der Waals surface area contributed by atoms with Crippen molar-refractivity contribution in [1.82, 2.24) is 0 Å². The van der Waals surface area contributed by atoms with Gasteiger partial charge < -0.3 is 23.8 Å². The van der Waals surface area contributed by atoms with Crippen molar-refractivity contribution in [2.45, 2.75) is 231 Å². The fourth-order valence-electron chi connectivity index (χ4n) is 7.03. The molecule has 0 bridgehead atoms. The molecule has 0 aliphatic carbocycles. The van der Waals surface area contributed by atoms with Crippen molar-refractivity contribution in [3.8, 4) is 0 Å². The summed E-state index contributed by atoms with van der Waals surface area (Å²) in [5.41, 5.74) is 0. The normalized spacial score (nSPS) is 13.0. The van der Waals surface area contributed by atoms with E-state index in [9.17, 15) is 19.5 Å². The molecule has 0 saturated carbocycles. The van der Waals surface area contributed by atoms with E-state index in [0.29, 0.717) is 19.3 Å². The number of aliphatic carboxylic acids is 1. The second-order valence-corrected chi connectivity index (χ2v) is 17.0. The van der Waals surface area contributed by atoms with Gasteiger partial charge in [0.15, 0.2) is 12.1 Å². The number of nitrogens with zero attached hydrogens (tertiary/aromatic N) is 1. The lowest BCUT2D eigenvalue weighted by atomic mass is 10.0. The number of unbranched alkanes of at least 4 members (excludes halogenated alkanes) is 26. The third kappa shape index (κ3) is 37.4. The van der Waals surface area contributed by atoms with E-state index in [1.165, 1.54) is 148 Å². The van der Waals surface area contributed by atoms with Gasteiger partial charge in [0.1, 0.15) is 6.61 Å². The molecule has 0 aliphatic rings. The third-order valence-electron chi connectivity index (χ3n) is 10.7. The summed E-state index contributed by atoms with van der Waals surface area (Å²) in [6.45, 7) is 4.76. The van der Waals surface area contributed by atoms with Gasteiger partial charge in [0, 0.05) is 19.3 Å². The molecule has 324 valence electrons. The van der Waals surface area contributed by atoms with Gasteiger partial charge in [-0.25, -0.2) is 4.79 Å². The highest BCUT2D eigenvalue weighted by Crippen LogP contribution is 2.15. The number of quaternary nitrogens is 1. The van der Waals surface area contributed by atoms with E-state index >= 15 is 0 Å². The number of allylic oxidation sites excluding steroid dienone is 2. The molecule has 0 aromatic heterocycles. The molecule has 2 atom stereocenters.